The molecule has 1 atom stereocenters. The van der Waals surface area contributed by atoms with Crippen LogP contribution in [0.3, 0.4) is 0 Å². The Morgan fingerprint density at radius 2 is 2.19 bits per heavy atom. The van der Waals surface area contributed by atoms with Crippen molar-refractivity contribution in [3.8, 4) is 5.75 Å². The Labute approximate surface area is 127 Å². The zero-order chi connectivity index (χ0) is 15.1. The van der Waals surface area contributed by atoms with Gasteiger partial charge >= 0.3 is 0 Å². The van der Waals surface area contributed by atoms with E-state index in [0.717, 1.165) is 37.5 Å². The van der Waals surface area contributed by atoms with Crippen molar-refractivity contribution >= 4 is 0 Å². The molecule has 21 heavy (non-hydrogen) atoms. The van der Waals surface area contributed by atoms with Gasteiger partial charge in [-0.25, -0.2) is 4.98 Å². The molecule has 1 aromatic carbocycles. The molecule has 0 bridgehead atoms. The van der Waals surface area contributed by atoms with Crippen LogP contribution >= 0.6 is 0 Å². The maximum Gasteiger partial charge on any atom is 0.119 e. The normalized spacial score (nSPS) is 12.3. The largest absolute Gasteiger partial charge is 0.497 e. The van der Waals surface area contributed by atoms with Crippen molar-refractivity contribution in [1.29, 1.82) is 0 Å². The Bertz CT molecular complexity index is 550. The molecule has 0 saturated heterocycles. The Kier molecular flexibility index (Phi) is 5.81. The van der Waals surface area contributed by atoms with Gasteiger partial charge in [-0.15, -0.1) is 0 Å². The van der Waals surface area contributed by atoms with E-state index in [4.69, 9.17) is 4.74 Å². The number of nitrogens with one attached hydrogen (secondary N) is 1. The number of aromatic nitrogens is 2. The molecule has 4 heteroatoms. The van der Waals surface area contributed by atoms with E-state index in [9.17, 15) is 0 Å². The summed E-state index contributed by atoms with van der Waals surface area (Å²) in [5.74, 6) is 2.05. The number of aryl methyl sites for hydroxylation is 1. The third-order valence-electron chi connectivity index (χ3n) is 3.60. The highest BCUT2D eigenvalue weighted by Crippen LogP contribution is 2.21. The van der Waals surface area contributed by atoms with Crippen LogP contribution in [0.5, 0.6) is 5.75 Å². The van der Waals surface area contributed by atoms with Crippen LogP contribution in [0.2, 0.25) is 0 Å². The van der Waals surface area contributed by atoms with Crippen molar-refractivity contribution in [2.45, 2.75) is 39.3 Å². The molecule has 4 nitrogen and oxygen atoms in total. The minimum Gasteiger partial charge on any atom is -0.497 e. The number of imidazole rings is 1. The monoisotopic (exact) mass is 287 g/mol. The van der Waals surface area contributed by atoms with Crippen LogP contribution in [0.25, 0.3) is 0 Å². The Balaban J connectivity index is 2.19. The summed E-state index contributed by atoms with van der Waals surface area (Å²) in [4.78, 5) is 4.46. The summed E-state index contributed by atoms with van der Waals surface area (Å²) in [6, 6.07) is 8.52. The first-order valence-electron chi connectivity index (χ1n) is 7.65. The lowest BCUT2D eigenvalue weighted by atomic mass is 10.1. The van der Waals surface area contributed by atoms with Crippen LogP contribution < -0.4 is 10.1 Å². The maximum atomic E-state index is 5.33. The van der Waals surface area contributed by atoms with E-state index in [2.05, 4.69) is 47.0 Å². The van der Waals surface area contributed by atoms with Gasteiger partial charge in [0.15, 0.2) is 0 Å². The fourth-order valence-electron chi connectivity index (χ4n) is 2.55. The second kappa shape index (κ2) is 7.84. The SMILES string of the molecule is CCCc1nccn1CC(NCC)c1cccc(OC)c1. The van der Waals surface area contributed by atoms with Gasteiger partial charge in [-0.1, -0.05) is 26.0 Å². The molecular formula is C17H25N3O. The lowest BCUT2D eigenvalue weighted by molar-refractivity contribution is 0.411. The molecule has 0 spiro atoms. The summed E-state index contributed by atoms with van der Waals surface area (Å²) in [6.07, 6.45) is 6.08. The zero-order valence-corrected chi connectivity index (χ0v) is 13.2. The highest BCUT2D eigenvalue weighted by molar-refractivity contribution is 5.30. The van der Waals surface area contributed by atoms with Crippen LogP contribution in [0.4, 0.5) is 0 Å². The predicted molar refractivity (Wildman–Crippen MR) is 85.6 cm³/mol. The van der Waals surface area contributed by atoms with Crippen LogP contribution in [0.15, 0.2) is 36.7 Å². The zero-order valence-electron chi connectivity index (χ0n) is 13.2. The molecule has 1 heterocycles. The van der Waals surface area contributed by atoms with Crippen molar-refractivity contribution in [2.75, 3.05) is 13.7 Å². The number of ether oxygens (including phenoxy) is 1. The van der Waals surface area contributed by atoms with Crippen LogP contribution in [-0.4, -0.2) is 23.2 Å². The van der Waals surface area contributed by atoms with Gasteiger partial charge in [0, 0.05) is 25.4 Å². The predicted octanol–water partition coefficient (Wildman–Crippen LogP) is 3.20. The smallest absolute Gasteiger partial charge is 0.119 e. The first-order valence-corrected chi connectivity index (χ1v) is 7.65. The molecule has 0 aliphatic rings. The summed E-state index contributed by atoms with van der Waals surface area (Å²) >= 11 is 0. The lowest BCUT2D eigenvalue weighted by Gasteiger charge is -2.20. The third-order valence-corrected chi connectivity index (χ3v) is 3.60. The van der Waals surface area contributed by atoms with Gasteiger partial charge in [-0.05, 0) is 30.7 Å². The Morgan fingerprint density at radius 1 is 1.33 bits per heavy atom. The van der Waals surface area contributed by atoms with E-state index in [1.165, 1.54) is 5.56 Å². The van der Waals surface area contributed by atoms with Crippen molar-refractivity contribution in [1.82, 2.24) is 14.9 Å². The van der Waals surface area contributed by atoms with Crippen LogP contribution in [0.1, 0.15) is 37.7 Å². The summed E-state index contributed by atoms with van der Waals surface area (Å²) in [5.41, 5.74) is 1.24. The number of likely N-dealkylation sites (N-methyl/N-ethyl adjacent to an activating group) is 1. The van der Waals surface area contributed by atoms with Gasteiger partial charge in [-0.3, -0.25) is 0 Å². The van der Waals surface area contributed by atoms with Crippen molar-refractivity contribution in [2.24, 2.45) is 0 Å². The van der Waals surface area contributed by atoms with Gasteiger partial charge in [0.2, 0.25) is 0 Å². The molecule has 0 fully saturated rings. The topological polar surface area (TPSA) is 39.1 Å². The van der Waals surface area contributed by atoms with E-state index in [1.807, 2.05) is 18.3 Å². The minimum absolute atomic E-state index is 0.259. The fourth-order valence-corrected chi connectivity index (χ4v) is 2.55. The van der Waals surface area contributed by atoms with Gasteiger partial charge < -0.3 is 14.6 Å². The molecule has 0 aliphatic heterocycles. The second-order valence-electron chi connectivity index (χ2n) is 5.13. The first kappa shape index (κ1) is 15.6. The molecule has 2 aromatic rings. The van der Waals surface area contributed by atoms with Gasteiger partial charge in [0.05, 0.1) is 13.2 Å². The molecule has 114 valence electrons. The van der Waals surface area contributed by atoms with Gasteiger partial charge in [0.1, 0.15) is 11.6 Å². The maximum absolute atomic E-state index is 5.33. The molecule has 0 saturated carbocycles. The lowest BCUT2D eigenvalue weighted by Crippen LogP contribution is -2.26. The standard InChI is InChI=1S/C17H25N3O/c1-4-7-17-19-10-11-20(17)13-16(18-5-2)14-8-6-9-15(12-14)21-3/h6,8-12,16,18H,4-5,7,13H2,1-3H3. The Hall–Kier alpha value is -1.81. The summed E-state index contributed by atoms with van der Waals surface area (Å²) in [5, 5.41) is 3.55. The number of benzene rings is 1. The second-order valence-corrected chi connectivity index (χ2v) is 5.13. The van der Waals surface area contributed by atoms with E-state index >= 15 is 0 Å². The van der Waals surface area contributed by atoms with Crippen molar-refractivity contribution in [3.05, 3.63) is 48.0 Å². The summed E-state index contributed by atoms with van der Waals surface area (Å²) in [6.45, 7) is 6.13. The number of methoxy groups -OCH3 is 1. The molecular weight excluding hydrogens is 262 g/mol. The van der Waals surface area contributed by atoms with Gasteiger partial charge in [-0.2, -0.15) is 0 Å². The van der Waals surface area contributed by atoms with Crippen LogP contribution in [-0.2, 0) is 13.0 Å². The number of rotatable bonds is 8. The molecule has 0 radical (unpaired) electrons. The van der Waals surface area contributed by atoms with E-state index in [-0.39, 0.29) is 6.04 Å². The van der Waals surface area contributed by atoms with Crippen LogP contribution in [0, 0.1) is 0 Å². The fraction of sp³-hybridized carbons (Fsp3) is 0.471. The van der Waals surface area contributed by atoms with E-state index in [0.29, 0.717) is 0 Å². The van der Waals surface area contributed by atoms with Gasteiger partial charge in [0.25, 0.3) is 0 Å². The Morgan fingerprint density at radius 3 is 2.90 bits per heavy atom. The average molecular weight is 287 g/mol. The highest BCUT2D eigenvalue weighted by Gasteiger charge is 2.13. The molecule has 2 rings (SSSR count). The molecule has 1 unspecified atom stereocenters. The van der Waals surface area contributed by atoms with Crippen molar-refractivity contribution in [3.63, 3.8) is 0 Å². The van der Waals surface area contributed by atoms with Crippen molar-refractivity contribution < 1.29 is 4.74 Å². The van der Waals surface area contributed by atoms with E-state index in [1.54, 1.807) is 7.11 Å². The summed E-state index contributed by atoms with van der Waals surface area (Å²) < 4.78 is 7.58. The molecule has 1 N–H and O–H groups in total. The average Bonchev–Trinajstić information content (AvgIpc) is 2.94. The number of hydrogen-bond acceptors (Lipinski definition) is 3. The molecule has 0 amide bonds. The first-order chi connectivity index (χ1) is 10.3. The quantitative estimate of drug-likeness (QED) is 0.810. The highest BCUT2D eigenvalue weighted by atomic mass is 16.5. The number of nitrogens with zero attached hydrogens (tertiary/aromatic N) is 2. The number of hydrogen-bond donors (Lipinski definition) is 1. The third kappa shape index (κ3) is 4.08. The minimum atomic E-state index is 0.259. The molecule has 0 aliphatic carbocycles. The van der Waals surface area contributed by atoms with E-state index < -0.39 is 0 Å². The summed E-state index contributed by atoms with van der Waals surface area (Å²) in [7, 11) is 1.70. The molecule has 1 aromatic heterocycles.